The number of thioether (sulfide) groups is 1. The van der Waals surface area contributed by atoms with Crippen molar-refractivity contribution < 1.29 is 0 Å². The molecule has 0 saturated carbocycles. The fraction of sp³-hybridized carbons (Fsp3) is 0.700. The summed E-state index contributed by atoms with van der Waals surface area (Å²) in [5.41, 5.74) is 8.00. The highest BCUT2D eigenvalue weighted by molar-refractivity contribution is 8.00. The smallest absolute Gasteiger partial charge is 0.0736 e. The van der Waals surface area contributed by atoms with Gasteiger partial charge in [-0.25, -0.2) is 0 Å². The Kier molecular flexibility index (Phi) is 2.26. The summed E-state index contributed by atoms with van der Waals surface area (Å²) in [5.74, 6) is 1.77. The van der Waals surface area contributed by atoms with E-state index in [0.717, 1.165) is 5.69 Å². The Morgan fingerprint density at radius 2 is 2.36 bits per heavy atom. The van der Waals surface area contributed by atoms with Gasteiger partial charge in [0.25, 0.3) is 0 Å². The van der Waals surface area contributed by atoms with Gasteiger partial charge in [0.1, 0.15) is 0 Å². The molecule has 1 fully saturated rings. The molecule has 1 aliphatic heterocycles. The van der Waals surface area contributed by atoms with E-state index < -0.39 is 0 Å². The van der Waals surface area contributed by atoms with Crippen molar-refractivity contribution in [2.75, 3.05) is 11.5 Å². The molecule has 0 bridgehead atoms. The van der Waals surface area contributed by atoms with Gasteiger partial charge in [0.05, 0.1) is 17.6 Å². The van der Waals surface area contributed by atoms with E-state index >= 15 is 0 Å². The van der Waals surface area contributed by atoms with E-state index in [2.05, 4.69) is 18.9 Å². The molecule has 2 N–H and O–H groups in total. The lowest BCUT2D eigenvalue weighted by Crippen LogP contribution is -2.23. The zero-order valence-corrected chi connectivity index (χ0v) is 9.77. The van der Waals surface area contributed by atoms with E-state index in [-0.39, 0.29) is 0 Å². The number of rotatable bonds is 1. The van der Waals surface area contributed by atoms with E-state index in [1.165, 1.54) is 17.9 Å². The molecule has 1 saturated heterocycles. The fourth-order valence-corrected chi connectivity index (χ4v) is 3.55. The van der Waals surface area contributed by atoms with Crippen LogP contribution >= 0.6 is 11.8 Å². The molecular weight excluding hydrogens is 194 g/mol. The molecule has 1 unspecified atom stereocenters. The second-order valence-electron chi connectivity index (χ2n) is 4.40. The van der Waals surface area contributed by atoms with Gasteiger partial charge in [0.2, 0.25) is 0 Å². The van der Waals surface area contributed by atoms with Gasteiger partial charge in [-0.05, 0) is 12.2 Å². The summed E-state index contributed by atoms with van der Waals surface area (Å²) in [7, 11) is 1.98. The van der Waals surface area contributed by atoms with E-state index in [0.29, 0.717) is 10.7 Å². The van der Waals surface area contributed by atoms with Crippen LogP contribution in [0.3, 0.4) is 0 Å². The van der Waals surface area contributed by atoms with Crippen molar-refractivity contribution in [1.82, 2.24) is 9.78 Å². The third-order valence-electron chi connectivity index (χ3n) is 3.06. The number of nitrogens with zero attached hydrogens (tertiary/aromatic N) is 2. The van der Waals surface area contributed by atoms with Crippen LogP contribution in [-0.4, -0.2) is 20.3 Å². The maximum Gasteiger partial charge on any atom is 0.0736 e. The van der Waals surface area contributed by atoms with Crippen molar-refractivity contribution in [2.45, 2.75) is 30.9 Å². The topological polar surface area (TPSA) is 43.8 Å². The maximum atomic E-state index is 5.95. The van der Waals surface area contributed by atoms with Gasteiger partial charge in [-0.15, -0.1) is 0 Å². The van der Waals surface area contributed by atoms with Crippen LogP contribution in [0.4, 0.5) is 5.69 Å². The van der Waals surface area contributed by atoms with Crippen molar-refractivity contribution in [2.24, 2.45) is 7.05 Å². The lowest BCUT2D eigenvalue weighted by molar-refractivity contribution is 0.519. The summed E-state index contributed by atoms with van der Waals surface area (Å²) < 4.78 is 2.22. The van der Waals surface area contributed by atoms with Gasteiger partial charge in [0, 0.05) is 17.7 Å². The van der Waals surface area contributed by atoms with E-state index in [4.69, 9.17) is 5.73 Å². The first kappa shape index (κ1) is 9.90. The zero-order valence-electron chi connectivity index (χ0n) is 8.95. The highest BCUT2D eigenvalue weighted by Crippen LogP contribution is 2.49. The molecule has 0 aromatic carbocycles. The quantitative estimate of drug-likeness (QED) is 0.772. The monoisotopic (exact) mass is 211 g/mol. The van der Waals surface area contributed by atoms with Crippen LogP contribution in [0.15, 0.2) is 6.20 Å². The second kappa shape index (κ2) is 3.19. The van der Waals surface area contributed by atoms with Gasteiger partial charge in [-0.3, -0.25) is 4.68 Å². The number of nitrogen functional groups attached to an aromatic ring is 1. The van der Waals surface area contributed by atoms with Crippen molar-refractivity contribution in [1.29, 1.82) is 0 Å². The Morgan fingerprint density at radius 1 is 1.64 bits per heavy atom. The minimum atomic E-state index is 0.294. The molecule has 0 radical (unpaired) electrons. The standard InChI is InChI=1S/C10H17N3S/c1-10(2)7(4-5-14-10)9-8(11)6-12-13(9)3/h6-7H,4-5,11H2,1-3H3. The van der Waals surface area contributed by atoms with Gasteiger partial charge >= 0.3 is 0 Å². The van der Waals surface area contributed by atoms with Gasteiger partial charge in [-0.1, -0.05) is 13.8 Å². The summed E-state index contributed by atoms with van der Waals surface area (Å²) in [6.07, 6.45) is 2.97. The van der Waals surface area contributed by atoms with Crippen LogP contribution in [-0.2, 0) is 7.05 Å². The van der Waals surface area contributed by atoms with Gasteiger partial charge < -0.3 is 5.73 Å². The Labute approximate surface area is 89.1 Å². The molecule has 1 aliphatic rings. The molecule has 4 heteroatoms. The number of nitrogens with two attached hydrogens (primary N) is 1. The molecular formula is C10H17N3S. The fourth-order valence-electron chi connectivity index (χ4n) is 2.24. The highest BCUT2D eigenvalue weighted by Gasteiger charge is 2.38. The van der Waals surface area contributed by atoms with Crippen LogP contribution in [0.5, 0.6) is 0 Å². The zero-order chi connectivity index (χ0) is 10.3. The molecule has 1 aromatic rings. The van der Waals surface area contributed by atoms with Crippen LogP contribution in [0.25, 0.3) is 0 Å². The first-order chi connectivity index (χ1) is 6.52. The predicted molar refractivity (Wildman–Crippen MR) is 61.5 cm³/mol. The van der Waals surface area contributed by atoms with E-state index in [1.54, 1.807) is 6.20 Å². The molecule has 2 heterocycles. The maximum absolute atomic E-state index is 5.95. The van der Waals surface area contributed by atoms with Crippen LogP contribution in [0.1, 0.15) is 31.9 Å². The number of hydrogen-bond donors (Lipinski definition) is 1. The van der Waals surface area contributed by atoms with E-state index in [9.17, 15) is 0 Å². The van der Waals surface area contributed by atoms with Gasteiger partial charge in [0.15, 0.2) is 0 Å². The molecule has 2 rings (SSSR count). The van der Waals surface area contributed by atoms with Crippen LogP contribution < -0.4 is 5.73 Å². The summed E-state index contributed by atoms with van der Waals surface area (Å²) in [5, 5.41) is 4.21. The normalized spacial score (nSPS) is 25.5. The summed E-state index contributed by atoms with van der Waals surface area (Å²) >= 11 is 2.03. The Morgan fingerprint density at radius 3 is 2.79 bits per heavy atom. The van der Waals surface area contributed by atoms with Crippen molar-refractivity contribution in [3.63, 3.8) is 0 Å². The highest BCUT2D eigenvalue weighted by atomic mass is 32.2. The van der Waals surface area contributed by atoms with Crippen molar-refractivity contribution in [3.05, 3.63) is 11.9 Å². The third kappa shape index (κ3) is 1.41. The van der Waals surface area contributed by atoms with E-state index in [1.807, 2.05) is 23.5 Å². The molecule has 1 aromatic heterocycles. The van der Waals surface area contributed by atoms with Crippen LogP contribution in [0, 0.1) is 0 Å². The average molecular weight is 211 g/mol. The number of aryl methyl sites for hydroxylation is 1. The molecule has 3 nitrogen and oxygen atoms in total. The number of anilines is 1. The Hall–Kier alpha value is -0.640. The minimum absolute atomic E-state index is 0.294. The predicted octanol–water partition coefficient (Wildman–Crippen LogP) is 2.00. The molecule has 1 atom stereocenters. The molecule has 0 amide bonds. The Bertz CT molecular complexity index is 324. The van der Waals surface area contributed by atoms with Crippen LogP contribution in [0.2, 0.25) is 0 Å². The number of hydrogen-bond acceptors (Lipinski definition) is 3. The molecule has 0 spiro atoms. The van der Waals surface area contributed by atoms with Crippen molar-refractivity contribution in [3.8, 4) is 0 Å². The summed E-state index contributed by atoms with van der Waals surface area (Å²) in [6, 6.07) is 0. The minimum Gasteiger partial charge on any atom is -0.396 e. The largest absolute Gasteiger partial charge is 0.396 e. The average Bonchev–Trinajstić information content (AvgIpc) is 2.57. The summed E-state index contributed by atoms with van der Waals surface area (Å²) in [4.78, 5) is 0. The molecule has 0 aliphatic carbocycles. The molecule has 78 valence electrons. The molecule has 14 heavy (non-hydrogen) atoms. The van der Waals surface area contributed by atoms with Gasteiger partial charge in [-0.2, -0.15) is 16.9 Å². The number of aromatic nitrogens is 2. The lowest BCUT2D eigenvalue weighted by Gasteiger charge is -2.26. The first-order valence-electron chi connectivity index (χ1n) is 4.93. The Balaban J connectivity index is 2.40. The van der Waals surface area contributed by atoms with Crippen molar-refractivity contribution >= 4 is 17.4 Å². The second-order valence-corrected chi connectivity index (χ2v) is 6.15. The third-order valence-corrected chi connectivity index (χ3v) is 4.53. The first-order valence-corrected chi connectivity index (χ1v) is 5.92. The lowest BCUT2D eigenvalue weighted by atomic mass is 9.89. The SMILES string of the molecule is Cn1ncc(N)c1C1CCSC1(C)C. The summed E-state index contributed by atoms with van der Waals surface area (Å²) in [6.45, 7) is 4.59.